The number of aromatic nitrogens is 2. The van der Waals surface area contributed by atoms with E-state index in [4.69, 9.17) is 10.2 Å². The lowest BCUT2D eigenvalue weighted by molar-refractivity contribution is -0.134. The molecule has 1 aromatic heterocycles. The number of carbonyl (C=O) groups excluding carboxylic acids is 2. The van der Waals surface area contributed by atoms with E-state index in [0.717, 1.165) is 26.1 Å². The van der Waals surface area contributed by atoms with E-state index in [-0.39, 0.29) is 29.4 Å². The summed E-state index contributed by atoms with van der Waals surface area (Å²) >= 11 is 0. The molecule has 0 bridgehead atoms. The van der Waals surface area contributed by atoms with Gasteiger partial charge < -0.3 is 25.7 Å². The van der Waals surface area contributed by atoms with Gasteiger partial charge in [-0.1, -0.05) is 18.6 Å². The van der Waals surface area contributed by atoms with Crippen LogP contribution in [0.25, 0.3) is 0 Å². The lowest BCUT2D eigenvalue weighted by Gasteiger charge is -2.33. The van der Waals surface area contributed by atoms with Crippen molar-refractivity contribution in [3.8, 4) is 0 Å². The van der Waals surface area contributed by atoms with Gasteiger partial charge in [0.2, 0.25) is 11.7 Å². The Morgan fingerprint density at radius 3 is 2.41 bits per heavy atom. The molecule has 39 heavy (non-hydrogen) atoms. The van der Waals surface area contributed by atoms with Gasteiger partial charge in [0.15, 0.2) is 0 Å². The Kier molecular flexibility index (Phi) is 12.4. The first-order chi connectivity index (χ1) is 18.5. The van der Waals surface area contributed by atoms with Crippen molar-refractivity contribution in [1.29, 1.82) is 0 Å². The molecule has 1 aromatic carbocycles. The van der Waals surface area contributed by atoms with Crippen molar-refractivity contribution >= 4 is 29.4 Å². The van der Waals surface area contributed by atoms with E-state index in [1.54, 1.807) is 20.0 Å². The van der Waals surface area contributed by atoms with E-state index in [0.29, 0.717) is 23.9 Å². The van der Waals surface area contributed by atoms with Crippen molar-refractivity contribution in [2.45, 2.75) is 45.6 Å². The highest BCUT2D eigenvalue weighted by Gasteiger charge is 2.25. The number of aliphatic carboxylic acids is 2. The Balaban J connectivity index is 0.000000580. The molecule has 3 rings (SSSR count). The van der Waals surface area contributed by atoms with Gasteiger partial charge in [0.05, 0.1) is 23.4 Å². The van der Waals surface area contributed by atoms with Crippen molar-refractivity contribution in [2.75, 3.05) is 31.5 Å². The molecule has 1 unspecified atom stereocenters. The molecular formula is C27H36FN5O6. The van der Waals surface area contributed by atoms with Crippen LogP contribution in [0.2, 0.25) is 0 Å². The number of likely N-dealkylation sites (tertiary alicyclic amines) is 1. The highest BCUT2D eigenvalue weighted by molar-refractivity contribution is 6.14. The number of nitrogens with one attached hydrogen (secondary N) is 2. The van der Waals surface area contributed by atoms with Crippen LogP contribution >= 0.6 is 0 Å². The minimum atomic E-state index is -1.26. The molecule has 0 spiro atoms. The van der Waals surface area contributed by atoms with E-state index in [1.807, 2.05) is 0 Å². The number of carboxylic acid groups (broad SMARTS) is 2. The SMILES string of the molecule is Cc1nn(C)c(NC(=O)CNCCCN2CCCCC2C)c1C(=O)c1ccccc1F.O=C(O)/C=C/C(=O)O. The number of piperidine rings is 1. The number of hydrogen-bond acceptors (Lipinski definition) is 7. The lowest BCUT2D eigenvalue weighted by Crippen LogP contribution is -2.39. The summed E-state index contributed by atoms with van der Waals surface area (Å²) in [4.78, 5) is 47.0. The lowest BCUT2D eigenvalue weighted by atomic mass is 10.0. The maximum absolute atomic E-state index is 14.1. The van der Waals surface area contributed by atoms with Crippen molar-refractivity contribution < 1.29 is 33.8 Å². The van der Waals surface area contributed by atoms with Crippen molar-refractivity contribution in [3.05, 3.63) is 59.1 Å². The van der Waals surface area contributed by atoms with Crippen LogP contribution < -0.4 is 10.6 Å². The topological polar surface area (TPSA) is 154 Å². The minimum absolute atomic E-state index is 0.0424. The predicted octanol–water partition coefficient (Wildman–Crippen LogP) is 2.60. The largest absolute Gasteiger partial charge is 0.478 e. The summed E-state index contributed by atoms with van der Waals surface area (Å²) in [6.45, 7) is 6.99. The Labute approximate surface area is 226 Å². The standard InChI is InChI=1S/C23H32FN5O2.C4H4O4/c1-16-9-6-7-13-29(16)14-8-12-25-15-20(30)26-23-21(17(2)27-28(23)3)22(31)18-10-4-5-11-19(18)24;5-3(6)1-2-4(7)8/h4-5,10-11,16,25H,6-9,12-15H2,1-3H3,(H,26,30);1-2H,(H,5,6)(H,7,8)/b;2-1+. The first-order valence-electron chi connectivity index (χ1n) is 12.7. The molecule has 11 nitrogen and oxygen atoms in total. The molecule has 2 heterocycles. The summed E-state index contributed by atoms with van der Waals surface area (Å²) in [5.41, 5.74) is 0.605. The molecule has 0 aliphatic carbocycles. The van der Waals surface area contributed by atoms with Crippen LogP contribution in [0.15, 0.2) is 36.4 Å². The number of rotatable bonds is 11. The predicted molar refractivity (Wildman–Crippen MR) is 143 cm³/mol. The second-order valence-electron chi connectivity index (χ2n) is 9.21. The molecular weight excluding hydrogens is 509 g/mol. The molecule has 1 aliphatic heterocycles. The van der Waals surface area contributed by atoms with E-state index in [2.05, 4.69) is 27.6 Å². The number of anilines is 1. The van der Waals surface area contributed by atoms with E-state index < -0.39 is 23.5 Å². The zero-order chi connectivity index (χ0) is 28.9. The second kappa shape index (κ2) is 15.5. The number of ketones is 1. The fraction of sp³-hybridized carbons (Fsp3) is 0.444. The molecule has 2 aromatic rings. The molecule has 12 heteroatoms. The first kappa shape index (κ1) is 31.3. The molecule has 0 saturated carbocycles. The van der Waals surface area contributed by atoms with Gasteiger partial charge in [0.1, 0.15) is 11.6 Å². The smallest absolute Gasteiger partial charge is 0.328 e. The number of amides is 1. The van der Waals surface area contributed by atoms with E-state index in [1.165, 1.54) is 42.1 Å². The average molecular weight is 546 g/mol. The summed E-state index contributed by atoms with van der Waals surface area (Å²) in [7, 11) is 1.65. The first-order valence-corrected chi connectivity index (χ1v) is 12.7. The molecule has 1 amide bonds. The van der Waals surface area contributed by atoms with Gasteiger partial charge in [-0.3, -0.25) is 14.3 Å². The third-order valence-electron chi connectivity index (χ3n) is 6.22. The molecule has 4 N–H and O–H groups in total. The van der Waals surface area contributed by atoms with Crippen LogP contribution in [0.5, 0.6) is 0 Å². The summed E-state index contributed by atoms with van der Waals surface area (Å²) in [5.74, 6) is -3.60. The average Bonchev–Trinajstić information content (AvgIpc) is 3.16. The van der Waals surface area contributed by atoms with Gasteiger partial charge in [0, 0.05) is 25.2 Å². The van der Waals surface area contributed by atoms with Crippen LogP contribution in [-0.2, 0) is 21.4 Å². The third-order valence-corrected chi connectivity index (χ3v) is 6.22. The Morgan fingerprint density at radius 1 is 1.13 bits per heavy atom. The van der Waals surface area contributed by atoms with Gasteiger partial charge in [-0.2, -0.15) is 5.10 Å². The molecule has 212 valence electrons. The minimum Gasteiger partial charge on any atom is -0.478 e. The number of carboxylic acids is 2. The fourth-order valence-corrected chi connectivity index (χ4v) is 4.27. The van der Waals surface area contributed by atoms with Gasteiger partial charge >= 0.3 is 11.9 Å². The summed E-state index contributed by atoms with van der Waals surface area (Å²) in [6, 6.07) is 6.44. The van der Waals surface area contributed by atoms with Gasteiger partial charge in [-0.15, -0.1) is 0 Å². The van der Waals surface area contributed by atoms with Gasteiger partial charge in [-0.05, 0) is 64.9 Å². The number of hydrogen-bond donors (Lipinski definition) is 4. The number of nitrogens with zero attached hydrogens (tertiary/aromatic N) is 3. The molecule has 0 radical (unpaired) electrons. The quantitative estimate of drug-likeness (QED) is 0.190. The summed E-state index contributed by atoms with van der Waals surface area (Å²) < 4.78 is 15.6. The maximum Gasteiger partial charge on any atom is 0.328 e. The van der Waals surface area contributed by atoms with E-state index >= 15 is 0 Å². The zero-order valence-electron chi connectivity index (χ0n) is 22.4. The monoisotopic (exact) mass is 545 g/mol. The Hall–Kier alpha value is -3.90. The third kappa shape index (κ3) is 10.1. The van der Waals surface area contributed by atoms with E-state index in [9.17, 15) is 23.6 Å². The number of benzene rings is 1. The Morgan fingerprint density at radius 2 is 1.79 bits per heavy atom. The molecule has 1 atom stereocenters. The molecule has 1 aliphatic rings. The zero-order valence-corrected chi connectivity index (χ0v) is 22.4. The van der Waals surface area contributed by atoms with Crippen molar-refractivity contribution in [3.63, 3.8) is 0 Å². The highest BCUT2D eigenvalue weighted by Crippen LogP contribution is 2.23. The van der Waals surface area contributed by atoms with Gasteiger partial charge in [-0.25, -0.2) is 14.0 Å². The summed E-state index contributed by atoms with van der Waals surface area (Å²) in [5, 5.41) is 25.8. The number of carbonyl (C=O) groups is 4. The normalized spacial score (nSPS) is 15.4. The highest BCUT2D eigenvalue weighted by atomic mass is 19.1. The van der Waals surface area contributed by atoms with Crippen LogP contribution in [0.1, 0.15) is 54.2 Å². The summed E-state index contributed by atoms with van der Waals surface area (Å²) in [6.07, 6.45) is 5.92. The van der Waals surface area contributed by atoms with Gasteiger partial charge in [0.25, 0.3) is 0 Å². The maximum atomic E-state index is 14.1. The van der Waals surface area contributed by atoms with Crippen LogP contribution in [0.4, 0.5) is 10.2 Å². The number of aryl methyl sites for hydroxylation is 2. The van der Waals surface area contributed by atoms with Crippen LogP contribution in [0.3, 0.4) is 0 Å². The fourth-order valence-electron chi connectivity index (χ4n) is 4.27. The second-order valence-corrected chi connectivity index (χ2v) is 9.21. The molecule has 1 saturated heterocycles. The van der Waals surface area contributed by atoms with Crippen LogP contribution in [-0.4, -0.2) is 80.7 Å². The van der Waals surface area contributed by atoms with Crippen LogP contribution in [0, 0.1) is 12.7 Å². The molecule has 1 fully saturated rings. The van der Waals surface area contributed by atoms with Crippen molar-refractivity contribution in [1.82, 2.24) is 20.0 Å². The van der Waals surface area contributed by atoms with Crippen molar-refractivity contribution in [2.24, 2.45) is 7.05 Å². The number of halogens is 1. The Bertz CT molecular complexity index is 1180.